The molecule has 1 saturated carbocycles. The molecule has 0 radical (unpaired) electrons. The van der Waals surface area contributed by atoms with Crippen molar-refractivity contribution >= 4 is 17.9 Å². The van der Waals surface area contributed by atoms with Crippen molar-refractivity contribution in [1.82, 2.24) is 16.0 Å². The third-order valence-corrected chi connectivity index (χ3v) is 3.11. The molecule has 3 amide bonds. The third kappa shape index (κ3) is 4.70. The van der Waals surface area contributed by atoms with Crippen LogP contribution in [0.4, 0.5) is 4.79 Å². The molecule has 7 heteroatoms. The molecule has 0 aliphatic heterocycles. The zero-order chi connectivity index (χ0) is 13.5. The molecule has 0 aromatic carbocycles. The van der Waals surface area contributed by atoms with Crippen molar-refractivity contribution in [1.29, 1.82) is 0 Å². The molecule has 0 unspecified atom stereocenters. The number of carboxylic acid groups (broad SMARTS) is 1. The molecule has 1 aliphatic rings. The second-order valence-electron chi connectivity index (χ2n) is 4.39. The number of imide groups is 1. The van der Waals surface area contributed by atoms with Crippen LogP contribution < -0.4 is 16.0 Å². The van der Waals surface area contributed by atoms with Crippen molar-refractivity contribution in [3.8, 4) is 0 Å². The maximum absolute atomic E-state index is 11.3. The van der Waals surface area contributed by atoms with Gasteiger partial charge >= 0.3 is 12.0 Å². The molecule has 18 heavy (non-hydrogen) atoms. The maximum atomic E-state index is 11.3. The van der Waals surface area contributed by atoms with Gasteiger partial charge in [-0.3, -0.25) is 14.9 Å². The van der Waals surface area contributed by atoms with Crippen molar-refractivity contribution in [2.75, 3.05) is 13.6 Å². The predicted molar refractivity (Wildman–Crippen MR) is 64.0 cm³/mol. The van der Waals surface area contributed by atoms with Crippen LogP contribution in [0.3, 0.4) is 0 Å². The average molecular weight is 257 g/mol. The highest BCUT2D eigenvalue weighted by atomic mass is 16.4. The first-order valence-corrected chi connectivity index (χ1v) is 6.00. The molecule has 1 rings (SSSR count). The molecule has 102 valence electrons. The number of carboxylic acids is 1. The second-order valence-corrected chi connectivity index (χ2v) is 4.39. The van der Waals surface area contributed by atoms with Gasteiger partial charge < -0.3 is 15.7 Å². The minimum atomic E-state index is -0.745. The van der Waals surface area contributed by atoms with Crippen LogP contribution in [-0.2, 0) is 9.59 Å². The number of nitrogens with one attached hydrogen (secondary N) is 3. The van der Waals surface area contributed by atoms with E-state index >= 15 is 0 Å². The molecule has 0 atom stereocenters. The quantitative estimate of drug-likeness (QED) is 0.552. The Labute approximate surface area is 105 Å². The fourth-order valence-electron chi connectivity index (χ4n) is 2.01. The SMILES string of the molecule is CNC(=O)NC(=O)CNC1CCC(C(=O)O)CC1. The Morgan fingerprint density at radius 3 is 2.28 bits per heavy atom. The van der Waals surface area contributed by atoms with Gasteiger partial charge in [-0.15, -0.1) is 0 Å². The molecule has 0 aromatic heterocycles. The normalized spacial score (nSPS) is 23.2. The van der Waals surface area contributed by atoms with E-state index in [9.17, 15) is 14.4 Å². The molecule has 0 aromatic rings. The van der Waals surface area contributed by atoms with E-state index in [-0.39, 0.29) is 18.5 Å². The summed E-state index contributed by atoms with van der Waals surface area (Å²) in [5.41, 5.74) is 0. The maximum Gasteiger partial charge on any atom is 0.321 e. The Kier molecular flexibility index (Phi) is 5.57. The Morgan fingerprint density at radius 1 is 1.17 bits per heavy atom. The van der Waals surface area contributed by atoms with E-state index < -0.39 is 17.9 Å². The summed E-state index contributed by atoms with van der Waals surface area (Å²) in [7, 11) is 1.43. The monoisotopic (exact) mass is 257 g/mol. The number of urea groups is 1. The number of rotatable bonds is 4. The first-order valence-electron chi connectivity index (χ1n) is 6.00. The van der Waals surface area contributed by atoms with Crippen molar-refractivity contribution < 1.29 is 19.5 Å². The summed E-state index contributed by atoms with van der Waals surface area (Å²) in [6, 6.07) is -0.382. The first-order chi connectivity index (χ1) is 8.52. The Balaban J connectivity index is 2.19. The van der Waals surface area contributed by atoms with Crippen molar-refractivity contribution in [3.63, 3.8) is 0 Å². The summed E-state index contributed by atoms with van der Waals surface area (Å²) in [6.07, 6.45) is 2.74. The van der Waals surface area contributed by atoms with Gasteiger partial charge in [0.05, 0.1) is 12.5 Å². The molecule has 4 N–H and O–H groups in total. The van der Waals surface area contributed by atoms with Crippen LogP contribution >= 0.6 is 0 Å². The topological polar surface area (TPSA) is 108 Å². The van der Waals surface area contributed by atoms with Gasteiger partial charge in [-0.2, -0.15) is 0 Å². The molecule has 1 aliphatic carbocycles. The van der Waals surface area contributed by atoms with Gasteiger partial charge in [-0.05, 0) is 25.7 Å². The summed E-state index contributed by atoms with van der Waals surface area (Å²) >= 11 is 0. The lowest BCUT2D eigenvalue weighted by Crippen LogP contribution is -2.45. The van der Waals surface area contributed by atoms with E-state index in [0.29, 0.717) is 12.8 Å². The van der Waals surface area contributed by atoms with Gasteiger partial charge in [0, 0.05) is 13.1 Å². The zero-order valence-corrected chi connectivity index (χ0v) is 10.4. The predicted octanol–water partition coefficient (Wildman–Crippen LogP) is -0.325. The molecule has 1 fully saturated rings. The number of hydrogen-bond acceptors (Lipinski definition) is 4. The smallest absolute Gasteiger partial charge is 0.321 e. The molecule has 0 spiro atoms. The fraction of sp³-hybridized carbons (Fsp3) is 0.727. The van der Waals surface area contributed by atoms with E-state index in [2.05, 4.69) is 16.0 Å². The molecular weight excluding hydrogens is 238 g/mol. The van der Waals surface area contributed by atoms with Gasteiger partial charge in [-0.1, -0.05) is 0 Å². The second kappa shape index (κ2) is 6.95. The minimum Gasteiger partial charge on any atom is -0.481 e. The van der Waals surface area contributed by atoms with Crippen LogP contribution in [0, 0.1) is 5.92 Å². The highest BCUT2D eigenvalue weighted by Crippen LogP contribution is 2.24. The summed E-state index contributed by atoms with van der Waals surface area (Å²) in [4.78, 5) is 32.9. The zero-order valence-electron chi connectivity index (χ0n) is 10.4. The van der Waals surface area contributed by atoms with E-state index in [1.54, 1.807) is 0 Å². The summed E-state index contributed by atoms with van der Waals surface area (Å²) in [6.45, 7) is 0.0653. The number of aliphatic carboxylic acids is 1. The third-order valence-electron chi connectivity index (χ3n) is 3.11. The fourth-order valence-corrected chi connectivity index (χ4v) is 2.01. The number of carbonyl (C=O) groups is 3. The van der Waals surface area contributed by atoms with Gasteiger partial charge in [0.1, 0.15) is 0 Å². The van der Waals surface area contributed by atoms with Crippen molar-refractivity contribution in [2.45, 2.75) is 31.7 Å². The number of amides is 3. The van der Waals surface area contributed by atoms with E-state index in [4.69, 9.17) is 5.11 Å². The molecule has 7 nitrogen and oxygen atoms in total. The lowest BCUT2D eigenvalue weighted by Gasteiger charge is -2.26. The molecule has 0 saturated heterocycles. The lowest BCUT2D eigenvalue weighted by molar-refractivity contribution is -0.143. The van der Waals surface area contributed by atoms with Crippen LogP contribution in [0.5, 0.6) is 0 Å². The Bertz CT molecular complexity index is 324. The average Bonchev–Trinajstić information content (AvgIpc) is 2.36. The van der Waals surface area contributed by atoms with Crippen LogP contribution in [0.2, 0.25) is 0 Å². The largest absolute Gasteiger partial charge is 0.481 e. The van der Waals surface area contributed by atoms with Crippen molar-refractivity contribution in [2.24, 2.45) is 5.92 Å². The van der Waals surface area contributed by atoms with E-state index in [1.807, 2.05) is 0 Å². The van der Waals surface area contributed by atoms with Crippen LogP contribution in [0.1, 0.15) is 25.7 Å². The van der Waals surface area contributed by atoms with E-state index in [0.717, 1.165) is 12.8 Å². The standard InChI is InChI=1S/C11H19N3O4/c1-12-11(18)14-9(15)6-13-8-4-2-7(3-5-8)10(16)17/h7-8,13H,2-6H2,1H3,(H,16,17)(H2,12,14,15,18). The van der Waals surface area contributed by atoms with Gasteiger partial charge in [0.25, 0.3) is 0 Å². The number of carbonyl (C=O) groups excluding carboxylic acids is 2. The van der Waals surface area contributed by atoms with Gasteiger partial charge in [-0.25, -0.2) is 4.79 Å². The molecule has 0 heterocycles. The van der Waals surface area contributed by atoms with E-state index in [1.165, 1.54) is 7.05 Å². The molecular formula is C11H19N3O4. The van der Waals surface area contributed by atoms with Crippen LogP contribution in [0.15, 0.2) is 0 Å². The first kappa shape index (κ1) is 14.4. The minimum absolute atomic E-state index is 0.0653. The highest BCUT2D eigenvalue weighted by Gasteiger charge is 2.25. The Hall–Kier alpha value is -1.63. The van der Waals surface area contributed by atoms with Crippen molar-refractivity contribution in [3.05, 3.63) is 0 Å². The Morgan fingerprint density at radius 2 is 1.78 bits per heavy atom. The lowest BCUT2D eigenvalue weighted by atomic mass is 9.86. The molecule has 0 bridgehead atoms. The summed E-state index contributed by atoms with van der Waals surface area (Å²) in [5, 5.41) is 16.3. The summed E-state index contributed by atoms with van der Waals surface area (Å²) < 4.78 is 0. The van der Waals surface area contributed by atoms with Gasteiger partial charge in [0.2, 0.25) is 5.91 Å². The van der Waals surface area contributed by atoms with Gasteiger partial charge in [0.15, 0.2) is 0 Å². The van der Waals surface area contributed by atoms with Crippen LogP contribution in [0.25, 0.3) is 0 Å². The highest BCUT2D eigenvalue weighted by molar-refractivity contribution is 5.95. The summed E-state index contributed by atoms with van der Waals surface area (Å²) in [5.74, 6) is -1.40. The van der Waals surface area contributed by atoms with Crippen LogP contribution in [-0.4, -0.2) is 42.6 Å². The number of hydrogen-bond donors (Lipinski definition) is 4.